The van der Waals surface area contributed by atoms with E-state index in [9.17, 15) is 19.1 Å². The summed E-state index contributed by atoms with van der Waals surface area (Å²) in [4.78, 5) is 31.1. The summed E-state index contributed by atoms with van der Waals surface area (Å²) in [6.45, 7) is 0. The molecule has 2 heterocycles. The number of nitrogens with zero attached hydrogens (tertiary/aromatic N) is 1. The number of aromatic amines is 1. The number of rotatable bonds is 4. The summed E-state index contributed by atoms with van der Waals surface area (Å²) in [6, 6.07) is 6.86. The van der Waals surface area contributed by atoms with E-state index in [4.69, 9.17) is 11.6 Å². The van der Waals surface area contributed by atoms with E-state index in [0.29, 0.717) is 5.69 Å². The normalized spacial score (nSPS) is 10.5. The first-order valence-corrected chi connectivity index (χ1v) is 7.46. The van der Waals surface area contributed by atoms with Crippen molar-refractivity contribution in [2.75, 3.05) is 5.32 Å². The monoisotopic (exact) mass is 359 g/mol. The number of carbonyl (C=O) groups is 2. The van der Waals surface area contributed by atoms with Crippen LogP contribution in [0.1, 0.15) is 26.4 Å². The number of benzene rings is 1. The molecule has 25 heavy (non-hydrogen) atoms. The summed E-state index contributed by atoms with van der Waals surface area (Å²) in [7, 11) is 0. The number of phenolic OH excluding ortho intramolecular Hbond substituents is 1. The van der Waals surface area contributed by atoms with Crippen LogP contribution in [0.5, 0.6) is 5.75 Å². The highest BCUT2D eigenvalue weighted by Crippen LogP contribution is 2.28. The number of halogens is 2. The largest absolute Gasteiger partial charge is 0.505 e. The fourth-order valence-electron chi connectivity index (χ4n) is 2.19. The van der Waals surface area contributed by atoms with Crippen LogP contribution in [0.15, 0.2) is 48.9 Å². The number of phenols is 1. The Morgan fingerprint density at radius 3 is 2.80 bits per heavy atom. The molecule has 0 aliphatic carbocycles. The van der Waals surface area contributed by atoms with E-state index in [1.165, 1.54) is 24.5 Å². The Morgan fingerprint density at radius 2 is 2.08 bits per heavy atom. The first-order chi connectivity index (χ1) is 12.0. The molecule has 0 aliphatic heterocycles. The molecule has 6 nitrogen and oxygen atoms in total. The van der Waals surface area contributed by atoms with Crippen LogP contribution >= 0.6 is 11.6 Å². The number of aromatic hydroxyl groups is 1. The molecule has 0 fully saturated rings. The van der Waals surface area contributed by atoms with Gasteiger partial charge in [-0.1, -0.05) is 11.6 Å². The zero-order valence-electron chi connectivity index (χ0n) is 12.6. The highest BCUT2D eigenvalue weighted by atomic mass is 35.5. The SMILES string of the molecule is O=C(Nc1cccnc1)c1cc(C(=O)c2c(Cl)ccc(O)c2F)c[nH]1. The van der Waals surface area contributed by atoms with Gasteiger partial charge in [-0.15, -0.1) is 0 Å². The minimum atomic E-state index is -1.11. The maximum atomic E-state index is 14.0. The van der Waals surface area contributed by atoms with Crippen molar-refractivity contribution in [3.8, 4) is 5.75 Å². The number of nitrogens with one attached hydrogen (secondary N) is 2. The summed E-state index contributed by atoms with van der Waals surface area (Å²) >= 11 is 5.85. The Bertz CT molecular complexity index is 957. The number of anilines is 1. The van der Waals surface area contributed by atoms with Gasteiger partial charge >= 0.3 is 0 Å². The smallest absolute Gasteiger partial charge is 0.272 e. The number of aromatic nitrogens is 2. The second-order valence-corrected chi connectivity index (χ2v) is 5.49. The number of carbonyl (C=O) groups excluding carboxylic acids is 2. The lowest BCUT2D eigenvalue weighted by Crippen LogP contribution is -2.12. The minimum Gasteiger partial charge on any atom is -0.505 e. The van der Waals surface area contributed by atoms with Crippen molar-refractivity contribution in [3.05, 3.63) is 76.6 Å². The Hall–Kier alpha value is -3.19. The van der Waals surface area contributed by atoms with Crippen LogP contribution in [-0.4, -0.2) is 26.8 Å². The van der Waals surface area contributed by atoms with E-state index in [1.807, 2.05) is 0 Å². The summed E-state index contributed by atoms with van der Waals surface area (Å²) in [6.07, 6.45) is 4.30. The van der Waals surface area contributed by atoms with E-state index in [2.05, 4.69) is 15.3 Å². The van der Waals surface area contributed by atoms with Gasteiger partial charge < -0.3 is 15.4 Å². The van der Waals surface area contributed by atoms with Gasteiger partial charge in [0.2, 0.25) is 0 Å². The fourth-order valence-corrected chi connectivity index (χ4v) is 2.42. The Kier molecular flexibility index (Phi) is 4.49. The number of hydrogen-bond donors (Lipinski definition) is 3. The molecule has 0 saturated carbocycles. The van der Waals surface area contributed by atoms with Crippen molar-refractivity contribution in [2.24, 2.45) is 0 Å². The molecule has 0 saturated heterocycles. The van der Waals surface area contributed by atoms with E-state index < -0.39 is 28.8 Å². The van der Waals surface area contributed by atoms with Crippen molar-refractivity contribution in [1.82, 2.24) is 9.97 Å². The number of ketones is 1. The summed E-state index contributed by atoms with van der Waals surface area (Å²) in [5.74, 6) is -3.04. The van der Waals surface area contributed by atoms with Crippen LogP contribution in [0.4, 0.5) is 10.1 Å². The predicted molar refractivity (Wildman–Crippen MR) is 89.5 cm³/mol. The predicted octanol–water partition coefficient (Wildman–Crippen LogP) is 3.39. The van der Waals surface area contributed by atoms with Gasteiger partial charge in [-0.2, -0.15) is 0 Å². The zero-order chi connectivity index (χ0) is 18.0. The zero-order valence-corrected chi connectivity index (χ0v) is 13.3. The first kappa shape index (κ1) is 16.7. The van der Waals surface area contributed by atoms with Gasteiger partial charge in [0, 0.05) is 18.0 Å². The highest BCUT2D eigenvalue weighted by Gasteiger charge is 2.22. The van der Waals surface area contributed by atoms with Crippen molar-refractivity contribution in [2.45, 2.75) is 0 Å². The molecule has 1 aromatic carbocycles. The molecule has 0 spiro atoms. The van der Waals surface area contributed by atoms with Gasteiger partial charge in [-0.25, -0.2) is 4.39 Å². The average molecular weight is 360 g/mol. The molecule has 3 aromatic rings. The Labute approximate surface area is 146 Å². The summed E-state index contributed by atoms with van der Waals surface area (Å²) in [5, 5.41) is 11.9. The topological polar surface area (TPSA) is 95.1 Å². The van der Waals surface area contributed by atoms with Gasteiger partial charge in [-0.3, -0.25) is 14.6 Å². The fraction of sp³-hybridized carbons (Fsp3) is 0. The molecule has 3 rings (SSSR count). The van der Waals surface area contributed by atoms with Gasteiger partial charge in [-0.05, 0) is 30.3 Å². The molecule has 2 aromatic heterocycles. The van der Waals surface area contributed by atoms with Crippen molar-refractivity contribution in [3.63, 3.8) is 0 Å². The van der Waals surface area contributed by atoms with Crippen LogP contribution in [0, 0.1) is 5.82 Å². The number of H-pyrrole nitrogens is 1. The molecule has 0 atom stereocenters. The van der Waals surface area contributed by atoms with E-state index in [1.54, 1.807) is 18.3 Å². The Morgan fingerprint density at radius 1 is 1.28 bits per heavy atom. The lowest BCUT2D eigenvalue weighted by atomic mass is 10.0. The third-order valence-electron chi connectivity index (χ3n) is 3.41. The lowest BCUT2D eigenvalue weighted by Gasteiger charge is -2.05. The van der Waals surface area contributed by atoms with Crippen molar-refractivity contribution < 1.29 is 19.1 Å². The highest BCUT2D eigenvalue weighted by molar-refractivity contribution is 6.35. The van der Waals surface area contributed by atoms with Crippen LogP contribution in [0.3, 0.4) is 0 Å². The molecule has 0 unspecified atom stereocenters. The lowest BCUT2D eigenvalue weighted by molar-refractivity contribution is 0.102. The number of amides is 1. The molecule has 8 heteroatoms. The molecule has 1 amide bonds. The molecule has 126 valence electrons. The van der Waals surface area contributed by atoms with Crippen LogP contribution in [-0.2, 0) is 0 Å². The second kappa shape index (κ2) is 6.74. The molecular weight excluding hydrogens is 349 g/mol. The quantitative estimate of drug-likeness (QED) is 0.622. The van der Waals surface area contributed by atoms with Crippen molar-refractivity contribution in [1.29, 1.82) is 0 Å². The van der Waals surface area contributed by atoms with E-state index in [-0.39, 0.29) is 16.3 Å². The molecular formula is C17H11ClFN3O3. The van der Waals surface area contributed by atoms with Crippen LogP contribution < -0.4 is 5.32 Å². The van der Waals surface area contributed by atoms with Gasteiger partial charge in [0.25, 0.3) is 5.91 Å². The van der Waals surface area contributed by atoms with Gasteiger partial charge in [0.05, 0.1) is 22.5 Å². The minimum absolute atomic E-state index is 0.0303. The van der Waals surface area contributed by atoms with Crippen LogP contribution in [0.25, 0.3) is 0 Å². The number of hydrogen-bond acceptors (Lipinski definition) is 4. The molecule has 0 radical (unpaired) electrons. The standard InChI is InChI=1S/C17H11ClFN3O3/c18-11-3-4-13(23)15(19)14(11)16(24)9-6-12(21-7-9)17(25)22-10-2-1-5-20-8-10/h1-8,21,23H,(H,22,25). The van der Waals surface area contributed by atoms with Gasteiger partial charge in [0.1, 0.15) is 5.69 Å². The van der Waals surface area contributed by atoms with Crippen LogP contribution in [0.2, 0.25) is 5.02 Å². The van der Waals surface area contributed by atoms with E-state index in [0.717, 1.165) is 6.07 Å². The second-order valence-electron chi connectivity index (χ2n) is 5.08. The van der Waals surface area contributed by atoms with E-state index >= 15 is 0 Å². The third-order valence-corrected chi connectivity index (χ3v) is 3.72. The van der Waals surface area contributed by atoms with Crippen molar-refractivity contribution >= 4 is 29.0 Å². The molecule has 0 bridgehead atoms. The first-order valence-electron chi connectivity index (χ1n) is 7.09. The summed E-state index contributed by atoms with van der Waals surface area (Å²) < 4.78 is 14.0. The molecule has 0 aliphatic rings. The third kappa shape index (κ3) is 3.36. The Balaban J connectivity index is 1.85. The van der Waals surface area contributed by atoms with Gasteiger partial charge in [0.15, 0.2) is 17.3 Å². The average Bonchev–Trinajstić information content (AvgIpc) is 3.09. The maximum Gasteiger partial charge on any atom is 0.272 e. The maximum absolute atomic E-state index is 14.0. The number of pyridine rings is 1. The summed E-state index contributed by atoms with van der Waals surface area (Å²) in [5.41, 5.74) is 0.156. The molecule has 3 N–H and O–H groups in total.